The van der Waals surface area contributed by atoms with Gasteiger partial charge in [0.25, 0.3) is 0 Å². The number of nitrogens with zero attached hydrogens (tertiary/aromatic N) is 1. The molecule has 1 aromatic rings. The smallest absolute Gasteiger partial charge is 0.327 e. The molecule has 0 radical (unpaired) electrons. The Morgan fingerprint density at radius 3 is 2.35 bits per heavy atom. The lowest BCUT2D eigenvalue weighted by atomic mass is 10.0. The minimum absolute atomic E-state index is 0.0723. The number of carboxylic acids is 1. The summed E-state index contributed by atoms with van der Waals surface area (Å²) in [6, 6.07) is 2.47. The molecular formula is C23H34N4O6S. The monoisotopic (exact) mass is 494 g/mol. The van der Waals surface area contributed by atoms with Crippen LogP contribution in [-0.4, -0.2) is 75.3 Å². The molecule has 0 spiro atoms. The fourth-order valence-electron chi connectivity index (χ4n) is 3.92. The van der Waals surface area contributed by atoms with Gasteiger partial charge in [0, 0.05) is 18.7 Å². The Morgan fingerprint density at radius 2 is 1.79 bits per heavy atom. The molecule has 1 fully saturated rings. The summed E-state index contributed by atoms with van der Waals surface area (Å²) in [5, 5.41) is 23.9. The van der Waals surface area contributed by atoms with Crippen LogP contribution in [0, 0.1) is 5.92 Å². The molecule has 10 nitrogen and oxygen atoms in total. The number of thiol groups is 1. The minimum Gasteiger partial charge on any atom is -0.508 e. The number of nitrogens with two attached hydrogens (primary N) is 1. The van der Waals surface area contributed by atoms with Crippen molar-refractivity contribution < 1.29 is 29.4 Å². The number of phenolic OH excluding ortho intramolecular Hbond substituents is 1. The molecule has 0 aromatic heterocycles. The Bertz CT molecular complexity index is 879. The van der Waals surface area contributed by atoms with Crippen molar-refractivity contribution in [3.63, 3.8) is 0 Å². The van der Waals surface area contributed by atoms with Crippen LogP contribution in [-0.2, 0) is 25.6 Å². The normalized spacial score (nSPS) is 18.3. The van der Waals surface area contributed by atoms with Gasteiger partial charge in [0.05, 0.1) is 6.04 Å². The second kappa shape index (κ2) is 12.6. The summed E-state index contributed by atoms with van der Waals surface area (Å²) in [7, 11) is 0. The molecule has 3 amide bonds. The average molecular weight is 495 g/mol. The summed E-state index contributed by atoms with van der Waals surface area (Å²) >= 11 is 3.96. The number of likely N-dealkylation sites (tertiary alicyclic amines) is 1. The van der Waals surface area contributed by atoms with Gasteiger partial charge in [0.15, 0.2) is 0 Å². The van der Waals surface area contributed by atoms with E-state index in [0.717, 1.165) is 0 Å². The zero-order chi connectivity index (χ0) is 25.4. The molecule has 1 aliphatic rings. The van der Waals surface area contributed by atoms with E-state index in [1.54, 1.807) is 12.1 Å². The first-order chi connectivity index (χ1) is 16.0. The third kappa shape index (κ3) is 7.63. The number of benzene rings is 1. The van der Waals surface area contributed by atoms with Crippen LogP contribution in [0.15, 0.2) is 24.3 Å². The van der Waals surface area contributed by atoms with Crippen molar-refractivity contribution in [2.75, 3.05) is 12.3 Å². The summed E-state index contributed by atoms with van der Waals surface area (Å²) in [5.74, 6) is -2.53. The van der Waals surface area contributed by atoms with Gasteiger partial charge in [0.1, 0.15) is 23.9 Å². The van der Waals surface area contributed by atoms with E-state index in [2.05, 4.69) is 23.3 Å². The molecule has 0 bridgehead atoms. The number of carbonyl (C=O) groups is 4. The standard InChI is InChI=1S/C23H34N4O6S/c1-13(2)10-16(24)20(29)25-17(11-14-5-7-15(28)8-6-14)22(31)27-9-3-4-19(27)21(30)26-18(12-34)23(32)33/h5-8,13,16-19,28,34H,3-4,9-12,24H2,1-2H3,(H,25,29)(H,26,30)(H,32,33). The highest BCUT2D eigenvalue weighted by Gasteiger charge is 2.39. The van der Waals surface area contributed by atoms with Gasteiger partial charge in [-0.05, 0) is 42.9 Å². The summed E-state index contributed by atoms with van der Waals surface area (Å²) in [6.45, 7) is 4.18. The van der Waals surface area contributed by atoms with E-state index in [9.17, 15) is 29.4 Å². The molecule has 1 aromatic carbocycles. The predicted molar refractivity (Wildman–Crippen MR) is 129 cm³/mol. The van der Waals surface area contributed by atoms with Crippen molar-refractivity contribution in [3.8, 4) is 5.75 Å². The van der Waals surface area contributed by atoms with Crippen LogP contribution in [0.25, 0.3) is 0 Å². The molecule has 4 atom stereocenters. The van der Waals surface area contributed by atoms with Crippen LogP contribution >= 0.6 is 12.6 Å². The van der Waals surface area contributed by atoms with Crippen molar-refractivity contribution in [2.24, 2.45) is 11.7 Å². The highest BCUT2D eigenvalue weighted by Crippen LogP contribution is 2.21. The zero-order valence-electron chi connectivity index (χ0n) is 19.4. The van der Waals surface area contributed by atoms with E-state index in [0.29, 0.717) is 31.4 Å². The third-order valence-corrected chi connectivity index (χ3v) is 6.05. The van der Waals surface area contributed by atoms with E-state index < -0.39 is 47.9 Å². The van der Waals surface area contributed by atoms with Crippen molar-refractivity contribution in [3.05, 3.63) is 29.8 Å². The molecule has 1 heterocycles. The topological polar surface area (TPSA) is 162 Å². The maximum Gasteiger partial charge on any atom is 0.327 e. The number of amides is 3. The van der Waals surface area contributed by atoms with Crippen LogP contribution < -0.4 is 16.4 Å². The number of phenols is 1. The van der Waals surface area contributed by atoms with Gasteiger partial charge in [0.2, 0.25) is 17.7 Å². The van der Waals surface area contributed by atoms with Gasteiger partial charge in [-0.15, -0.1) is 0 Å². The van der Waals surface area contributed by atoms with Crippen molar-refractivity contribution in [1.29, 1.82) is 0 Å². The molecular weight excluding hydrogens is 460 g/mol. The lowest BCUT2D eigenvalue weighted by molar-refractivity contribution is -0.144. The van der Waals surface area contributed by atoms with Crippen molar-refractivity contribution in [2.45, 2.75) is 63.7 Å². The van der Waals surface area contributed by atoms with E-state index in [1.807, 2.05) is 13.8 Å². The summed E-state index contributed by atoms with van der Waals surface area (Å²) in [5.41, 5.74) is 6.71. The molecule has 11 heteroatoms. The lowest BCUT2D eigenvalue weighted by Gasteiger charge is -2.30. The maximum atomic E-state index is 13.5. The molecule has 1 aliphatic heterocycles. The SMILES string of the molecule is CC(C)CC(N)C(=O)NC(Cc1ccc(O)cc1)C(=O)N1CCCC1C(=O)NC(CS)C(=O)O. The Morgan fingerprint density at radius 1 is 1.15 bits per heavy atom. The quantitative estimate of drug-likeness (QED) is 0.241. The van der Waals surface area contributed by atoms with E-state index in [-0.39, 0.29) is 23.8 Å². The first kappa shape index (κ1) is 27.5. The molecule has 188 valence electrons. The fraction of sp³-hybridized carbons (Fsp3) is 0.565. The molecule has 1 saturated heterocycles. The number of nitrogens with one attached hydrogen (secondary N) is 2. The number of aliphatic carboxylic acids is 1. The highest BCUT2D eigenvalue weighted by molar-refractivity contribution is 7.80. The number of aromatic hydroxyl groups is 1. The molecule has 0 saturated carbocycles. The number of hydrogen-bond donors (Lipinski definition) is 6. The third-order valence-electron chi connectivity index (χ3n) is 5.69. The molecule has 4 unspecified atom stereocenters. The van der Waals surface area contributed by atoms with Crippen molar-refractivity contribution >= 4 is 36.3 Å². The van der Waals surface area contributed by atoms with Crippen LogP contribution in [0.5, 0.6) is 5.75 Å². The van der Waals surface area contributed by atoms with Crippen molar-refractivity contribution in [1.82, 2.24) is 15.5 Å². The Hall–Kier alpha value is -2.79. The predicted octanol–water partition coefficient (Wildman–Crippen LogP) is 0.283. The maximum absolute atomic E-state index is 13.5. The summed E-state index contributed by atoms with van der Waals surface area (Å²) in [6.07, 6.45) is 1.53. The average Bonchev–Trinajstić information content (AvgIpc) is 3.27. The van der Waals surface area contributed by atoms with Gasteiger partial charge in [-0.2, -0.15) is 12.6 Å². The number of rotatable bonds is 11. The van der Waals surface area contributed by atoms with Gasteiger partial charge in [-0.1, -0.05) is 26.0 Å². The fourth-order valence-corrected chi connectivity index (χ4v) is 4.17. The lowest BCUT2D eigenvalue weighted by Crippen LogP contribution is -2.57. The highest BCUT2D eigenvalue weighted by atomic mass is 32.1. The molecule has 34 heavy (non-hydrogen) atoms. The Kier molecular flexibility index (Phi) is 10.2. The molecule has 6 N–H and O–H groups in total. The van der Waals surface area contributed by atoms with Crippen LogP contribution in [0.4, 0.5) is 0 Å². The number of carboxylic acid groups (broad SMARTS) is 1. The van der Waals surface area contributed by atoms with E-state index >= 15 is 0 Å². The van der Waals surface area contributed by atoms with Crippen LogP contribution in [0.2, 0.25) is 0 Å². The summed E-state index contributed by atoms with van der Waals surface area (Å²) in [4.78, 5) is 51.7. The largest absolute Gasteiger partial charge is 0.508 e. The first-order valence-electron chi connectivity index (χ1n) is 11.3. The Balaban J connectivity index is 2.22. The molecule has 0 aliphatic carbocycles. The zero-order valence-corrected chi connectivity index (χ0v) is 20.3. The van der Waals surface area contributed by atoms with Crippen LogP contribution in [0.1, 0.15) is 38.7 Å². The van der Waals surface area contributed by atoms with E-state index in [4.69, 9.17) is 5.73 Å². The number of hydrogen-bond acceptors (Lipinski definition) is 7. The Labute approximate surface area is 204 Å². The van der Waals surface area contributed by atoms with Gasteiger partial charge >= 0.3 is 5.97 Å². The van der Waals surface area contributed by atoms with Crippen LogP contribution in [0.3, 0.4) is 0 Å². The van der Waals surface area contributed by atoms with Gasteiger partial charge in [-0.25, -0.2) is 4.79 Å². The van der Waals surface area contributed by atoms with Gasteiger partial charge < -0.3 is 31.5 Å². The second-order valence-electron chi connectivity index (χ2n) is 8.94. The minimum atomic E-state index is -1.21. The summed E-state index contributed by atoms with van der Waals surface area (Å²) < 4.78 is 0. The first-order valence-corrected chi connectivity index (χ1v) is 11.9. The van der Waals surface area contributed by atoms with E-state index in [1.165, 1.54) is 17.0 Å². The molecule has 2 rings (SSSR count). The number of carbonyl (C=O) groups excluding carboxylic acids is 3. The second-order valence-corrected chi connectivity index (χ2v) is 9.30. The van der Waals surface area contributed by atoms with Gasteiger partial charge in [-0.3, -0.25) is 14.4 Å².